The molecule has 0 unspecified atom stereocenters. The first-order chi connectivity index (χ1) is 10.8. The Morgan fingerprint density at radius 1 is 1.26 bits per heavy atom. The van der Waals surface area contributed by atoms with Gasteiger partial charge in [0.15, 0.2) is 5.79 Å². The smallest absolute Gasteiger partial charge is 0.321 e. The van der Waals surface area contributed by atoms with Gasteiger partial charge in [0, 0.05) is 32.5 Å². The van der Waals surface area contributed by atoms with Crippen molar-refractivity contribution in [2.24, 2.45) is 5.92 Å². The first kappa shape index (κ1) is 18.2. The van der Waals surface area contributed by atoms with Crippen molar-refractivity contribution in [3.63, 3.8) is 0 Å². The maximum absolute atomic E-state index is 12.2. The Morgan fingerprint density at radius 2 is 1.91 bits per heavy atom. The average molecular weight is 327 g/mol. The zero-order chi connectivity index (χ0) is 17.0. The van der Waals surface area contributed by atoms with E-state index in [1.54, 1.807) is 0 Å². The third-order valence-electron chi connectivity index (χ3n) is 4.39. The van der Waals surface area contributed by atoms with E-state index < -0.39 is 11.8 Å². The number of hydrogen-bond donors (Lipinski definition) is 2. The molecule has 0 aromatic rings. The molecule has 23 heavy (non-hydrogen) atoms. The van der Waals surface area contributed by atoms with Crippen LogP contribution in [-0.4, -0.2) is 61.0 Å². The largest absolute Gasteiger partial charge is 0.347 e. The molecule has 0 bridgehead atoms. The number of carbonyl (C=O) groups is 2. The fourth-order valence-electron chi connectivity index (χ4n) is 2.94. The van der Waals surface area contributed by atoms with Gasteiger partial charge in [-0.1, -0.05) is 13.8 Å². The Hall–Kier alpha value is -1.18. The van der Waals surface area contributed by atoms with Crippen molar-refractivity contribution in [2.45, 2.75) is 58.5 Å². The van der Waals surface area contributed by atoms with Crippen LogP contribution in [0.2, 0.25) is 0 Å². The first-order valence-corrected chi connectivity index (χ1v) is 8.46. The summed E-state index contributed by atoms with van der Waals surface area (Å²) in [4.78, 5) is 25.9. The Kier molecular flexibility index (Phi) is 6.00. The van der Waals surface area contributed by atoms with E-state index in [0.29, 0.717) is 19.1 Å². The number of rotatable bonds is 4. The third kappa shape index (κ3) is 4.89. The zero-order valence-corrected chi connectivity index (χ0v) is 14.6. The topological polar surface area (TPSA) is 79.9 Å². The Bertz CT molecular complexity index is 433. The van der Waals surface area contributed by atoms with E-state index in [2.05, 4.69) is 15.5 Å². The molecule has 2 atom stereocenters. The van der Waals surface area contributed by atoms with Gasteiger partial charge >= 0.3 is 6.03 Å². The summed E-state index contributed by atoms with van der Waals surface area (Å²) in [6, 6.07) is -0.781. The number of ether oxygens (including phenoxy) is 2. The lowest BCUT2D eigenvalue weighted by atomic mass is 10.0. The number of amides is 3. The number of hydrogen-bond acceptors (Lipinski definition) is 5. The lowest BCUT2D eigenvalue weighted by Crippen LogP contribution is -2.54. The second kappa shape index (κ2) is 7.59. The van der Waals surface area contributed by atoms with Crippen LogP contribution in [0.3, 0.4) is 0 Å². The van der Waals surface area contributed by atoms with Gasteiger partial charge in [-0.2, -0.15) is 0 Å². The van der Waals surface area contributed by atoms with Gasteiger partial charge in [0.1, 0.15) is 0 Å². The van der Waals surface area contributed by atoms with Gasteiger partial charge in [-0.05, 0) is 19.8 Å². The van der Waals surface area contributed by atoms with Crippen LogP contribution in [0.1, 0.15) is 40.5 Å². The standard InChI is InChI=1S/C16H29N3O4/c1-11(2)9-17-15(21)18-14(20)13(4)19-7-5-16(6-8-19)22-10-12(3)23-16/h11-13H,5-10H2,1-4H3,(H2,17,18,20,21)/t12-,13-/m1/s1. The molecule has 2 rings (SSSR count). The van der Waals surface area contributed by atoms with Crippen LogP contribution in [0.4, 0.5) is 4.79 Å². The van der Waals surface area contributed by atoms with E-state index in [4.69, 9.17) is 9.47 Å². The van der Waals surface area contributed by atoms with Crippen molar-refractivity contribution >= 4 is 11.9 Å². The summed E-state index contributed by atoms with van der Waals surface area (Å²) in [5, 5.41) is 5.09. The fourth-order valence-corrected chi connectivity index (χ4v) is 2.94. The van der Waals surface area contributed by atoms with Crippen molar-refractivity contribution in [1.29, 1.82) is 0 Å². The summed E-state index contributed by atoms with van der Waals surface area (Å²) in [6.07, 6.45) is 1.62. The molecule has 2 aliphatic rings. The number of imide groups is 1. The summed E-state index contributed by atoms with van der Waals surface area (Å²) >= 11 is 0. The van der Waals surface area contributed by atoms with Gasteiger partial charge in [0.2, 0.25) is 5.91 Å². The highest BCUT2D eigenvalue weighted by atomic mass is 16.7. The van der Waals surface area contributed by atoms with Crippen molar-refractivity contribution < 1.29 is 19.1 Å². The van der Waals surface area contributed by atoms with Crippen molar-refractivity contribution in [1.82, 2.24) is 15.5 Å². The maximum Gasteiger partial charge on any atom is 0.321 e. The van der Waals surface area contributed by atoms with Gasteiger partial charge in [0.05, 0.1) is 18.8 Å². The van der Waals surface area contributed by atoms with Gasteiger partial charge in [-0.15, -0.1) is 0 Å². The predicted octanol–water partition coefficient (Wildman–Crippen LogP) is 1.08. The molecular formula is C16H29N3O4. The summed E-state index contributed by atoms with van der Waals surface area (Å²) in [5.41, 5.74) is 0. The molecule has 2 saturated heterocycles. The number of urea groups is 1. The highest BCUT2D eigenvalue weighted by Gasteiger charge is 2.43. The number of likely N-dealkylation sites (tertiary alicyclic amines) is 1. The molecule has 7 heteroatoms. The predicted molar refractivity (Wildman–Crippen MR) is 85.9 cm³/mol. The van der Waals surface area contributed by atoms with E-state index in [9.17, 15) is 9.59 Å². The maximum atomic E-state index is 12.2. The normalized spacial score (nSPS) is 25.5. The quantitative estimate of drug-likeness (QED) is 0.808. The first-order valence-electron chi connectivity index (χ1n) is 8.46. The second-order valence-corrected chi connectivity index (χ2v) is 6.96. The molecule has 0 saturated carbocycles. The average Bonchev–Trinajstić information content (AvgIpc) is 2.86. The molecule has 0 aromatic carbocycles. The monoisotopic (exact) mass is 327 g/mol. The molecule has 2 fully saturated rings. The van der Waals surface area contributed by atoms with Crippen LogP contribution in [0.25, 0.3) is 0 Å². The Morgan fingerprint density at radius 3 is 2.43 bits per heavy atom. The lowest BCUT2D eigenvalue weighted by Gasteiger charge is -2.39. The highest BCUT2D eigenvalue weighted by molar-refractivity contribution is 5.96. The van der Waals surface area contributed by atoms with Crippen molar-refractivity contribution in [3.8, 4) is 0 Å². The van der Waals surface area contributed by atoms with Gasteiger partial charge < -0.3 is 14.8 Å². The number of nitrogens with one attached hydrogen (secondary N) is 2. The fraction of sp³-hybridized carbons (Fsp3) is 0.875. The molecule has 2 aliphatic heterocycles. The molecule has 1 spiro atoms. The van der Waals surface area contributed by atoms with Crippen molar-refractivity contribution in [3.05, 3.63) is 0 Å². The Balaban J connectivity index is 1.76. The molecule has 0 radical (unpaired) electrons. The van der Waals surface area contributed by atoms with E-state index >= 15 is 0 Å². The molecule has 2 heterocycles. The van der Waals surface area contributed by atoms with E-state index in [1.165, 1.54) is 0 Å². The van der Waals surface area contributed by atoms with E-state index in [0.717, 1.165) is 25.9 Å². The van der Waals surface area contributed by atoms with Gasteiger partial charge in [0.25, 0.3) is 0 Å². The van der Waals surface area contributed by atoms with Crippen LogP contribution in [0.5, 0.6) is 0 Å². The molecule has 7 nitrogen and oxygen atoms in total. The summed E-state index contributed by atoms with van der Waals surface area (Å²) in [5.74, 6) is -0.398. The van der Waals surface area contributed by atoms with E-state index in [1.807, 2.05) is 27.7 Å². The minimum absolute atomic E-state index is 0.131. The number of nitrogens with zero attached hydrogens (tertiary/aromatic N) is 1. The molecular weight excluding hydrogens is 298 g/mol. The van der Waals surface area contributed by atoms with Crippen LogP contribution in [-0.2, 0) is 14.3 Å². The Labute approximate surface area is 138 Å². The molecule has 132 valence electrons. The highest BCUT2D eigenvalue weighted by Crippen LogP contribution is 2.34. The minimum atomic E-state index is -0.471. The number of carbonyl (C=O) groups excluding carboxylic acids is 2. The molecule has 0 aliphatic carbocycles. The summed E-state index contributed by atoms with van der Waals surface area (Å²) in [6.45, 7) is 10.4. The molecule has 0 aromatic heterocycles. The van der Waals surface area contributed by atoms with Crippen LogP contribution < -0.4 is 10.6 Å². The molecule has 3 amide bonds. The van der Waals surface area contributed by atoms with Crippen LogP contribution >= 0.6 is 0 Å². The third-order valence-corrected chi connectivity index (χ3v) is 4.39. The number of piperidine rings is 1. The minimum Gasteiger partial charge on any atom is -0.347 e. The van der Waals surface area contributed by atoms with Gasteiger partial charge in [-0.25, -0.2) is 4.79 Å². The molecule has 2 N–H and O–H groups in total. The second-order valence-electron chi connectivity index (χ2n) is 6.96. The summed E-state index contributed by atoms with van der Waals surface area (Å²) in [7, 11) is 0. The lowest BCUT2D eigenvalue weighted by molar-refractivity contribution is -0.195. The summed E-state index contributed by atoms with van der Waals surface area (Å²) < 4.78 is 11.7. The van der Waals surface area contributed by atoms with Crippen molar-refractivity contribution in [2.75, 3.05) is 26.2 Å². The SMILES string of the molecule is CC(C)CNC(=O)NC(=O)[C@@H](C)N1CCC2(CC1)OC[C@@H](C)O2. The zero-order valence-electron chi connectivity index (χ0n) is 14.6. The van der Waals surface area contributed by atoms with Crippen LogP contribution in [0, 0.1) is 5.92 Å². The van der Waals surface area contributed by atoms with Crippen LogP contribution in [0.15, 0.2) is 0 Å². The van der Waals surface area contributed by atoms with E-state index in [-0.39, 0.29) is 18.1 Å². The van der Waals surface area contributed by atoms with Gasteiger partial charge in [-0.3, -0.25) is 15.0 Å².